The molecule has 0 fully saturated rings. The SMILES string of the molecule is Cc1nc(-c2scc(C(C)(C)C)c2C#N)[se]c1C(=O)O. The average Bonchev–Trinajstić information content (AvgIpc) is 2.90. The van der Waals surface area contributed by atoms with Crippen LogP contribution in [0.5, 0.6) is 0 Å². The van der Waals surface area contributed by atoms with E-state index in [1.54, 1.807) is 6.92 Å². The Kier molecular flexibility index (Phi) is 3.88. The summed E-state index contributed by atoms with van der Waals surface area (Å²) in [5.41, 5.74) is 2.09. The number of carbonyl (C=O) groups is 1. The van der Waals surface area contributed by atoms with E-state index in [2.05, 4.69) is 31.8 Å². The van der Waals surface area contributed by atoms with Crippen molar-refractivity contribution in [1.82, 2.24) is 4.98 Å². The summed E-state index contributed by atoms with van der Waals surface area (Å²) in [7, 11) is 0. The van der Waals surface area contributed by atoms with Crippen LogP contribution in [0.15, 0.2) is 5.38 Å². The Labute approximate surface area is 127 Å². The van der Waals surface area contributed by atoms with E-state index in [0.717, 1.165) is 15.0 Å². The zero-order chi connectivity index (χ0) is 15.1. The predicted molar refractivity (Wildman–Crippen MR) is 79.6 cm³/mol. The Balaban J connectivity index is 2.60. The number of nitriles is 1. The van der Waals surface area contributed by atoms with Crippen molar-refractivity contribution in [2.45, 2.75) is 33.1 Å². The van der Waals surface area contributed by atoms with Crippen LogP contribution in [0.2, 0.25) is 0 Å². The zero-order valence-electron chi connectivity index (χ0n) is 11.6. The second-order valence-corrected chi connectivity index (χ2v) is 8.43. The normalized spacial score (nSPS) is 11.3. The molecule has 6 heteroatoms. The molecule has 0 amide bonds. The molecule has 0 aliphatic heterocycles. The predicted octanol–water partition coefficient (Wildman–Crippen LogP) is 3.04. The van der Waals surface area contributed by atoms with E-state index in [0.29, 0.717) is 15.7 Å². The van der Waals surface area contributed by atoms with Crippen molar-refractivity contribution in [1.29, 1.82) is 5.26 Å². The number of aromatic carboxylic acids is 1. The molecule has 0 saturated heterocycles. The van der Waals surface area contributed by atoms with Crippen LogP contribution < -0.4 is 0 Å². The molecule has 104 valence electrons. The van der Waals surface area contributed by atoms with Crippen molar-refractivity contribution in [3.63, 3.8) is 0 Å². The third kappa shape index (κ3) is 2.57. The molecule has 2 rings (SSSR count). The Bertz CT molecular complexity index is 717. The maximum absolute atomic E-state index is 11.1. The van der Waals surface area contributed by atoms with Crippen LogP contribution in [0.4, 0.5) is 0 Å². The number of aryl methyl sites for hydroxylation is 1. The van der Waals surface area contributed by atoms with E-state index in [9.17, 15) is 10.1 Å². The monoisotopic (exact) mass is 354 g/mol. The van der Waals surface area contributed by atoms with E-state index >= 15 is 0 Å². The molecule has 0 unspecified atom stereocenters. The average molecular weight is 353 g/mol. The minimum atomic E-state index is -0.910. The van der Waals surface area contributed by atoms with Gasteiger partial charge in [0, 0.05) is 0 Å². The number of carboxylic acid groups (broad SMARTS) is 1. The van der Waals surface area contributed by atoms with Crippen LogP contribution in [0.1, 0.15) is 46.8 Å². The van der Waals surface area contributed by atoms with Crippen LogP contribution in [-0.2, 0) is 5.41 Å². The van der Waals surface area contributed by atoms with Gasteiger partial charge in [0.2, 0.25) is 0 Å². The number of rotatable bonds is 2. The summed E-state index contributed by atoms with van der Waals surface area (Å²) in [6.45, 7) is 7.90. The summed E-state index contributed by atoms with van der Waals surface area (Å²) in [6, 6.07) is 2.26. The summed E-state index contributed by atoms with van der Waals surface area (Å²) in [5, 5.41) is 20.6. The van der Waals surface area contributed by atoms with E-state index < -0.39 is 5.97 Å². The van der Waals surface area contributed by atoms with Crippen molar-refractivity contribution < 1.29 is 9.90 Å². The molecule has 1 N–H and O–H groups in total. The summed E-state index contributed by atoms with van der Waals surface area (Å²) in [4.78, 5) is 16.3. The molecule has 0 aliphatic carbocycles. The van der Waals surface area contributed by atoms with E-state index in [4.69, 9.17) is 5.11 Å². The molecule has 0 aromatic carbocycles. The zero-order valence-corrected chi connectivity index (χ0v) is 14.2. The number of hydrogen-bond acceptors (Lipinski definition) is 4. The van der Waals surface area contributed by atoms with Crippen molar-refractivity contribution >= 4 is 31.8 Å². The van der Waals surface area contributed by atoms with Crippen LogP contribution in [-0.4, -0.2) is 30.6 Å². The van der Waals surface area contributed by atoms with Gasteiger partial charge in [-0.2, -0.15) is 0 Å². The fourth-order valence-corrected chi connectivity index (χ4v) is 5.30. The maximum atomic E-state index is 11.1. The van der Waals surface area contributed by atoms with E-state index in [1.165, 1.54) is 11.3 Å². The Morgan fingerprint density at radius 3 is 2.60 bits per heavy atom. The quantitative estimate of drug-likeness (QED) is 0.842. The first-order valence-corrected chi connectivity index (χ1v) is 8.58. The second kappa shape index (κ2) is 5.17. The van der Waals surface area contributed by atoms with Gasteiger partial charge in [-0.15, -0.1) is 0 Å². The Hall–Kier alpha value is -1.41. The number of hydrogen-bond donors (Lipinski definition) is 1. The van der Waals surface area contributed by atoms with Gasteiger partial charge in [-0.05, 0) is 0 Å². The van der Waals surface area contributed by atoms with Crippen molar-refractivity contribution in [3.8, 4) is 15.5 Å². The van der Waals surface area contributed by atoms with E-state index in [1.807, 2.05) is 5.38 Å². The van der Waals surface area contributed by atoms with Gasteiger partial charge in [0.1, 0.15) is 0 Å². The van der Waals surface area contributed by atoms with Gasteiger partial charge in [-0.3, -0.25) is 0 Å². The molecule has 0 atom stereocenters. The molecule has 0 spiro atoms. The molecule has 0 bridgehead atoms. The molecular formula is C14H14N2O2SSe. The molecule has 4 nitrogen and oxygen atoms in total. The fourth-order valence-electron chi connectivity index (χ4n) is 1.87. The van der Waals surface area contributed by atoms with Crippen molar-refractivity contribution in [3.05, 3.63) is 26.6 Å². The van der Waals surface area contributed by atoms with E-state index in [-0.39, 0.29) is 19.9 Å². The fraction of sp³-hybridized carbons (Fsp3) is 0.357. The van der Waals surface area contributed by atoms with Crippen LogP contribution in [0, 0.1) is 18.3 Å². The van der Waals surface area contributed by atoms with Gasteiger partial charge >= 0.3 is 127 Å². The van der Waals surface area contributed by atoms with Gasteiger partial charge in [-0.25, -0.2) is 0 Å². The van der Waals surface area contributed by atoms with Crippen LogP contribution in [0.3, 0.4) is 0 Å². The molecule has 2 heterocycles. The summed E-state index contributed by atoms with van der Waals surface area (Å²) < 4.78 is 1.13. The third-order valence-corrected chi connectivity index (χ3v) is 6.61. The second-order valence-electron chi connectivity index (χ2n) is 5.45. The molecule has 0 radical (unpaired) electrons. The van der Waals surface area contributed by atoms with Gasteiger partial charge in [0.25, 0.3) is 0 Å². The van der Waals surface area contributed by atoms with Gasteiger partial charge in [0.15, 0.2) is 0 Å². The van der Waals surface area contributed by atoms with Gasteiger partial charge in [-0.1, -0.05) is 0 Å². The summed E-state index contributed by atoms with van der Waals surface area (Å²) in [5.74, 6) is -0.910. The molecule has 2 aromatic heterocycles. The van der Waals surface area contributed by atoms with Crippen molar-refractivity contribution in [2.75, 3.05) is 0 Å². The molecule has 0 aliphatic rings. The van der Waals surface area contributed by atoms with Crippen molar-refractivity contribution in [2.24, 2.45) is 0 Å². The number of carboxylic acids is 1. The summed E-state index contributed by atoms with van der Waals surface area (Å²) >= 11 is 1.15. The first kappa shape index (κ1) is 15.0. The topological polar surface area (TPSA) is 74.0 Å². The Morgan fingerprint density at radius 2 is 2.15 bits per heavy atom. The Morgan fingerprint density at radius 1 is 1.50 bits per heavy atom. The first-order valence-electron chi connectivity index (χ1n) is 5.99. The van der Waals surface area contributed by atoms with Crippen LogP contribution >= 0.6 is 11.3 Å². The number of aromatic nitrogens is 1. The molecule has 2 aromatic rings. The first-order chi connectivity index (χ1) is 9.25. The standard InChI is InChI=1S/C14H14N2O2SSe/c1-7-11(13(17)18)20-12(16-7)10-8(5-15)9(6-19-10)14(2,3)4/h6H,1-4H3,(H,17,18). The van der Waals surface area contributed by atoms with Crippen LogP contribution in [0.25, 0.3) is 9.44 Å². The van der Waals surface area contributed by atoms with Gasteiger partial charge in [0.05, 0.1) is 0 Å². The number of thiophene rings is 1. The van der Waals surface area contributed by atoms with Gasteiger partial charge < -0.3 is 0 Å². The number of nitrogens with zero attached hydrogens (tertiary/aromatic N) is 2. The molecule has 0 saturated carbocycles. The summed E-state index contributed by atoms with van der Waals surface area (Å²) in [6.07, 6.45) is 0. The minimum absolute atomic E-state index is 0.107. The molecular weight excluding hydrogens is 339 g/mol. The third-order valence-electron chi connectivity index (χ3n) is 2.90. The molecule has 20 heavy (non-hydrogen) atoms.